The Kier molecular flexibility index (Phi) is 3.15. The molecule has 1 atom stereocenters. The van der Waals surface area contributed by atoms with Crippen LogP contribution in [0.25, 0.3) is 10.8 Å². The van der Waals surface area contributed by atoms with Gasteiger partial charge in [-0.1, -0.05) is 30.3 Å². The molecule has 1 N–H and O–H groups in total. The average molecular weight is 280 g/mol. The summed E-state index contributed by atoms with van der Waals surface area (Å²) in [5.41, 5.74) is 1.67. The molecule has 2 heteroatoms. The molecule has 1 heterocycles. The van der Waals surface area contributed by atoms with Crippen LogP contribution in [0.4, 0.5) is 5.69 Å². The van der Waals surface area contributed by atoms with E-state index < -0.39 is 0 Å². The lowest BCUT2D eigenvalue weighted by Gasteiger charge is -2.35. The van der Waals surface area contributed by atoms with Crippen molar-refractivity contribution in [1.29, 1.82) is 0 Å². The van der Waals surface area contributed by atoms with Gasteiger partial charge in [-0.2, -0.15) is 0 Å². The summed E-state index contributed by atoms with van der Waals surface area (Å²) in [4.78, 5) is 2.59. The summed E-state index contributed by atoms with van der Waals surface area (Å²) in [6.07, 6.45) is 4.03. The van der Waals surface area contributed by atoms with Gasteiger partial charge in [0.1, 0.15) is 0 Å². The third kappa shape index (κ3) is 2.53. The van der Waals surface area contributed by atoms with Crippen LogP contribution < -0.4 is 10.2 Å². The van der Waals surface area contributed by atoms with E-state index in [0.29, 0.717) is 5.54 Å². The minimum Gasteiger partial charge on any atom is -0.370 e. The number of anilines is 1. The van der Waals surface area contributed by atoms with E-state index in [1.165, 1.54) is 35.7 Å². The van der Waals surface area contributed by atoms with E-state index in [1.807, 2.05) is 0 Å². The summed E-state index contributed by atoms with van der Waals surface area (Å²) >= 11 is 0. The summed E-state index contributed by atoms with van der Waals surface area (Å²) in [5, 5.41) is 6.50. The van der Waals surface area contributed by atoms with Crippen molar-refractivity contribution in [1.82, 2.24) is 5.32 Å². The van der Waals surface area contributed by atoms with Crippen molar-refractivity contribution in [3.8, 4) is 0 Å². The quantitative estimate of drug-likeness (QED) is 0.900. The maximum Gasteiger partial charge on any atom is 0.0373 e. The van der Waals surface area contributed by atoms with E-state index in [4.69, 9.17) is 0 Å². The molecule has 0 amide bonds. The van der Waals surface area contributed by atoms with Gasteiger partial charge in [0.15, 0.2) is 0 Å². The van der Waals surface area contributed by atoms with Gasteiger partial charge in [0.2, 0.25) is 0 Å². The summed E-state index contributed by atoms with van der Waals surface area (Å²) in [7, 11) is 0. The Bertz CT molecular complexity index is 647. The molecule has 1 aliphatic heterocycles. The van der Waals surface area contributed by atoms with E-state index in [-0.39, 0.29) is 0 Å². The van der Waals surface area contributed by atoms with Gasteiger partial charge in [0, 0.05) is 24.3 Å². The van der Waals surface area contributed by atoms with Crippen molar-refractivity contribution in [3.63, 3.8) is 0 Å². The molecule has 0 aromatic heterocycles. The topological polar surface area (TPSA) is 15.3 Å². The summed E-state index contributed by atoms with van der Waals surface area (Å²) < 4.78 is 0. The molecule has 0 radical (unpaired) electrons. The Morgan fingerprint density at radius 3 is 2.71 bits per heavy atom. The first kappa shape index (κ1) is 13.1. The molecule has 2 aromatic carbocycles. The molecule has 2 aromatic rings. The SMILES string of the molecule is CC1(C2CC2)CN(c2ccc3ccccc3c2)CCCN1. The fourth-order valence-electron chi connectivity index (χ4n) is 3.76. The standard InChI is InChI=1S/C19H24N2/c1-19(17-8-9-17)14-21(12-4-11-20-19)18-10-7-15-5-2-3-6-16(15)13-18/h2-3,5-7,10,13,17,20H,4,8-9,11-12,14H2,1H3. The van der Waals surface area contributed by atoms with Crippen molar-refractivity contribution < 1.29 is 0 Å². The predicted molar refractivity (Wildman–Crippen MR) is 89.9 cm³/mol. The van der Waals surface area contributed by atoms with Gasteiger partial charge in [-0.05, 0) is 61.6 Å². The molecule has 1 saturated heterocycles. The van der Waals surface area contributed by atoms with Crippen LogP contribution in [0.5, 0.6) is 0 Å². The van der Waals surface area contributed by atoms with Gasteiger partial charge in [0.25, 0.3) is 0 Å². The van der Waals surface area contributed by atoms with Crippen molar-refractivity contribution in [2.75, 3.05) is 24.5 Å². The normalized spacial score (nSPS) is 26.8. The highest BCUT2D eigenvalue weighted by molar-refractivity contribution is 5.85. The summed E-state index contributed by atoms with van der Waals surface area (Å²) in [6, 6.07) is 15.6. The third-order valence-electron chi connectivity index (χ3n) is 5.23. The molecule has 21 heavy (non-hydrogen) atoms. The highest BCUT2D eigenvalue weighted by Crippen LogP contribution is 2.41. The first-order valence-electron chi connectivity index (χ1n) is 8.23. The van der Waals surface area contributed by atoms with Gasteiger partial charge in [-0.3, -0.25) is 0 Å². The fourth-order valence-corrected chi connectivity index (χ4v) is 3.76. The number of nitrogens with zero attached hydrogens (tertiary/aromatic N) is 1. The highest BCUT2D eigenvalue weighted by atomic mass is 15.2. The number of nitrogens with one attached hydrogen (secondary N) is 1. The van der Waals surface area contributed by atoms with Crippen LogP contribution in [0.15, 0.2) is 42.5 Å². The van der Waals surface area contributed by atoms with Gasteiger partial charge >= 0.3 is 0 Å². The smallest absolute Gasteiger partial charge is 0.0373 e. The van der Waals surface area contributed by atoms with Gasteiger partial charge in [-0.25, -0.2) is 0 Å². The first-order chi connectivity index (χ1) is 10.2. The molecule has 2 fully saturated rings. The number of hydrogen-bond donors (Lipinski definition) is 1. The maximum absolute atomic E-state index is 3.82. The Morgan fingerprint density at radius 2 is 1.90 bits per heavy atom. The molecular weight excluding hydrogens is 256 g/mol. The molecule has 1 aliphatic carbocycles. The fraction of sp³-hybridized carbons (Fsp3) is 0.474. The Balaban J connectivity index is 1.66. The van der Waals surface area contributed by atoms with E-state index >= 15 is 0 Å². The second-order valence-electron chi connectivity index (χ2n) is 6.93. The zero-order chi connectivity index (χ0) is 14.3. The molecule has 0 bridgehead atoms. The average Bonchev–Trinajstić information content (AvgIpc) is 3.34. The van der Waals surface area contributed by atoms with E-state index in [9.17, 15) is 0 Å². The number of benzene rings is 2. The van der Waals surface area contributed by atoms with Crippen LogP contribution >= 0.6 is 0 Å². The van der Waals surface area contributed by atoms with E-state index in [0.717, 1.165) is 25.6 Å². The van der Waals surface area contributed by atoms with E-state index in [2.05, 4.69) is 59.6 Å². The second-order valence-corrected chi connectivity index (χ2v) is 6.93. The zero-order valence-corrected chi connectivity index (χ0v) is 12.8. The molecule has 110 valence electrons. The molecular formula is C19H24N2. The van der Waals surface area contributed by atoms with Crippen molar-refractivity contribution in [3.05, 3.63) is 42.5 Å². The first-order valence-corrected chi connectivity index (χ1v) is 8.23. The van der Waals surface area contributed by atoms with Crippen LogP contribution in [0.1, 0.15) is 26.2 Å². The molecule has 2 nitrogen and oxygen atoms in total. The van der Waals surface area contributed by atoms with Crippen molar-refractivity contribution >= 4 is 16.5 Å². The van der Waals surface area contributed by atoms with Crippen LogP contribution in [-0.2, 0) is 0 Å². The second kappa shape index (κ2) is 5.03. The van der Waals surface area contributed by atoms with Crippen molar-refractivity contribution in [2.45, 2.75) is 31.7 Å². The lowest BCUT2D eigenvalue weighted by molar-refractivity contribution is 0.331. The monoisotopic (exact) mass is 280 g/mol. The lowest BCUT2D eigenvalue weighted by atomic mass is 9.95. The summed E-state index contributed by atoms with van der Waals surface area (Å²) in [6.45, 7) is 5.87. The number of hydrogen-bond acceptors (Lipinski definition) is 2. The Labute approximate surface area is 127 Å². The molecule has 0 spiro atoms. The molecule has 4 rings (SSSR count). The number of rotatable bonds is 2. The minimum absolute atomic E-state index is 0.294. The lowest BCUT2D eigenvalue weighted by Crippen LogP contribution is -2.51. The molecule has 1 unspecified atom stereocenters. The minimum atomic E-state index is 0.294. The number of fused-ring (bicyclic) bond motifs is 1. The van der Waals surface area contributed by atoms with E-state index in [1.54, 1.807) is 0 Å². The summed E-state index contributed by atoms with van der Waals surface area (Å²) in [5.74, 6) is 0.874. The largest absolute Gasteiger partial charge is 0.370 e. The van der Waals surface area contributed by atoms with Crippen LogP contribution in [0, 0.1) is 5.92 Å². The Hall–Kier alpha value is -1.54. The van der Waals surface area contributed by atoms with Crippen LogP contribution in [0.2, 0.25) is 0 Å². The highest BCUT2D eigenvalue weighted by Gasteiger charge is 2.43. The van der Waals surface area contributed by atoms with Gasteiger partial charge in [-0.15, -0.1) is 0 Å². The van der Waals surface area contributed by atoms with Gasteiger partial charge in [0.05, 0.1) is 0 Å². The Morgan fingerprint density at radius 1 is 1.10 bits per heavy atom. The predicted octanol–water partition coefficient (Wildman–Crippen LogP) is 3.81. The van der Waals surface area contributed by atoms with Crippen LogP contribution in [-0.4, -0.2) is 25.2 Å². The molecule has 1 saturated carbocycles. The third-order valence-corrected chi connectivity index (χ3v) is 5.23. The maximum atomic E-state index is 3.82. The molecule has 2 aliphatic rings. The van der Waals surface area contributed by atoms with Crippen LogP contribution in [0.3, 0.4) is 0 Å². The van der Waals surface area contributed by atoms with Gasteiger partial charge < -0.3 is 10.2 Å². The van der Waals surface area contributed by atoms with Crippen molar-refractivity contribution in [2.24, 2.45) is 5.92 Å². The zero-order valence-electron chi connectivity index (χ0n) is 12.8.